The number of ether oxygens (including phenoxy) is 1. The lowest BCUT2D eigenvalue weighted by Crippen LogP contribution is -2.98. The van der Waals surface area contributed by atoms with Gasteiger partial charge >= 0.3 is 11.7 Å². The third kappa shape index (κ3) is 1.68. The van der Waals surface area contributed by atoms with Crippen LogP contribution in [-0.2, 0) is 12.2 Å². The Morgan fingerprint density at radius 1 is 0.800 bits per heavy atom. The van der Waals surface area contributed by atoms with Gasteiger partial charge in [0.05, 0.1) is 6.07 Å². The van der Waals surface area contributed by atoms with E-state index in [0.29, 0.717) is 0 Å². The van der Waals surface area contributed by atoms with E-state index in [9.17, 15) is 0 Å². The lowest BCUT2D eigenvalue weighted by Gasteiger charge is -2.37. The third-order valence-corrected chi connectivity index (χ3v) is 10.5. The van der Waals surface area contributed by atoms with E-state index in [4.69, 9.17) is 4.74 Å². The van der Waals surface area contributed by atoms with Crippen molar-refractivity contribution in [2.45, 2.75) is 25.3 Å². The summed E-state index contributed by atoms with van der Waals surface area (Å²) in [5, 5.41) is 2.90. The fourth-order valence-corrected chi connectivity index (χ4v) is 8.92. The molecule has 0 amide bonds. The van der Waals surface area contributed by atoms with Crippen molar-refractivity contribution in [1.82, 2.24) is 0 Å². The van der Waals surface area contributed by atoms with Gasteiger partial charge in [-0.1, -0.05) is 46.5 Å². The van der Waals surface area contributed by atoms with E-state index in [-0.39, 0.29) is 0 Å². The first-order valence-electron chi connectivity index (χ1n) is 10.5. The highest BCUT2D eigenvalue weighted by Crippen LogP contribution is 2.37. The number of benzene rings is 1. The molecule has 0 fully saturated rings. The van der Waals surface area contributed by atoms with E-state index in [2.05, 4.69) is 112 Å². The van der Waals surface area contributed by atoms with Gasteiger partial charge in [-0.3, -0.25) is 0 Å². The topological polar surface area (TPSA) is 20.9 Å². The van der Waals surface area contributed by atoms with Gasteiger partial charge in [-0.15, -0.1) is 0 Å². The van der Waals surface area contributed by atoms with Crippen LogP contribution in [0.25, 0.3) is 0 Å². The Bertz CT molecular complexity index is 1290. The molecule has 144 valence electrons. The van der Waals surface area contributed by atoms with E-state index in [1.807, 2.05) is 0 Å². The summed E-state index contributed by atoms with van der Waals surface area (Å²) in [6.07, 6.45) is 5.32. The number of nitrogens with zero attached hydrogens (tertiary/aromatic N) is 3. The molecule has 3 aliphatic heterocycles. The van der Waals surface area contributed by atoms with Crippen LogP contribution in [0.4, 0.5) is 0 Å². The van der Waals surface area contributed by atoms with Crippen LogP contribution < -0.4 is 28.9 Å². The lowest BCUT2D eigenvalue weighted by atomic mass is 9.97. The number of aromatic nitrogens is 3. The molecule has 0 saturated carbocycles. The Morgan fingerprint density at radius 3 is 2.47 bits per heavy atom. The van der Waals surface area contributed by atoms with E-state index in [1.54, 1.807) is 0 Å². The molecule has 0 bridgehead atoms. The van der Waals surface area contributed by atoms with E-state index < -0.39 is 13.9 Å². The van der Waals surface area contributed by atoms with Gasteiger partial charge in [-0.2, -0.15) is 0 Å². The molecule has 6 heterocycles. The average Bonchev–Trinajstić information content (AvgIpc) is 2.77. The average molecular weight is 409 g/mol. The fourth-order valence-electron chi connectivity index (χ4n) is 5.85. The molecule has 30 heavy (non-hydrogen) atoms. The first-order valence-corrected chi connectivity index (χ1v) is 13.5. The van der Waals surface area contributed by atoms with Crippen LogP contribution in [0.15, 0.2) is 85.2 Å². The van der Waals surface area contributed by atoms with Crippen LogP contribution in [0.3, 0.4) is 0 Å². The number of rotatable bonds is 0. The van der Waals surface area contributed by atoms with Gasteiger partial charge in [0.25, 0.3) is 0 Å². The lowest BCUT2D eigenvalue weighted by molar-refractivity contribution is -1.16. The standard InChI is InChI=1S/C25H22N3OSi/c1-30(2)21-12-8-11-20-24(21)25(27-16-6-4-13-22(27)29-20)26-15-5-3-9-18(26)17-19-10-7-14-23(30)28(19)25/h3-16H,17H2,1-2H3/q+3. The highest BCUT2D eigenvalue weighted by molar-refractivity contribution is 7.00. The second-order valence-electron chi connectivity index (χ2n) is 8.93. The monoisotopic (exact) mass is 408 g/mol. The largest absolute Gasteiger partial charge is 0.595 e. The summed E-state index contributed by atoms with van der Waals surface area (Å²) in [4.78, 5) is 0. The maximum absolute atomic E-state index is 6.50. The highest BCUT2D eigenvalue weighted by atomic mass is 28.3. The molecular weight excluding hydrogens is 386 g/mol. The molecule has 4 nitrogen and oxygen atoms in total. The number of fused-ring (bicyclic) bond motifs is 2. The van der Waals surface area contributed by atoms with E-state index in [0.717, 1.165) is 18.1 Å². The van der Waals surface area contributed by atoms with Crippen LogP contribution in [0, 0.1) is 0 Å². The summed E-state index contributed by atoms with van der Waals surface area (Å²) in [6.45, 7) is 4.93. The second-order valence-corrected chi connectivity index (χ2v) is 13.2. The molecule has 0 radical (unpaired) electrons. The van der Waals surface area contributed by atoms with Gasteiger partial charge < -0.3 is 4.74 Å². The van der Waals surface area contributed by atoms with Crippen molar-refractivity contribution in [3.05, 3.63) is 102 Å². The van der Waals surface area contributed by atoms with Crippen LogP contribution in [0.1, 0.15) is 17.0 Å². The molecular formula is C25H22N3OSi+3. The molecule has 5 heteroatoms. The minimum atomic E-state index is -1.93. The Kier molecular flexibility index (Phi) is 2.88. The van der Waals surface area contributed by atoms with Gasteiger partial charge in [-0.05, 0) is 21.9 Å². The molecule has 1 spiro atoms. The van der Waals surface area contributed by atoms with Gasteiger partial charge in [0.2, 0.25) is 17.0 Å². The number of pyridine rings is 3. The van der Waals surface area contributed by atoms with E-state index >= 15 is 0 Å². The van der Waals surface area contributed by atoms with E-state index in [1.165, 1.54) is 27.5 Å². The summed E-state index contributed by atoms with van der Waals surface area (Å²) >= 11 is 0. The van der Waals surface area contributed by atoms with Crippen molar-refractivity contribution in [3.63, 3.8) is 0 Å². The van der Waals surface area contributed by atoms with Gasteiger partial charge in [0, 0.05) is 30.3 Å². The Labute approximate surface area is 176 Å². The predicted octanol–water partition coefficient (Wildman–Crippen LogP) is 1.45. The van der Waals surface area contributed by atoms with Gasteiger partial charge in [0.1, 0.15) is 6.42 Å². The minimum absolute atomic E-state index is 0.538. The first-order chi connectivity index (χ1) is 14.6. The zero-order chi connectivity index (χ0) is 20.1. The zero-order valence-corrected chi connectivity index (χ0v) is 18.0. The van der Waals surface area contributed by atoms with Crippen LogP contribution >= 0.6 is 0 Å². The molecule has 3 aromatic heterocycles. The molecule has 0 saturated heterocycles. The third-order valence-electron chi connectivity index (χ3n) is 7.07. The summed E-state index contributed by atoms with van der Waals surface area (Å²) in [5.74, 6) is 1.29. The van der Waals surface area contributed by atoms with Crippen LogP contribution in [0.2, 0.25) is 13.1 Å². The summed E-state index contributed by atoms with van der Waals surface area (Å²) in [6, 6.07) is 26.3. The van der Waals surface area contributed by atoms with Crippen molar-refractivity contribution in [2.75, 3.05) is 0 Å². The van der Waals surface area contributed by atoms with Crippen molar-refractivity contribution in [2.24, 2.45) is 0 Å². The first kappa shape index (κ1) is 16.5. The Balaban J connectivity index is 1.79. The van der Waals surface area contributed by atoms with Crippen molar-refractivity contribution in [3.8, 4) is 11.6 Å². The smallest absolute Gasteiger partial charge is 0.404 e. The molecule has 7 rings (SSSR count). The van der Waals surface area contributed by atoms with Gasteiger partial charge in [-0.25, -0.2) is 0 Å². The van der Waals surface area contributed by atoms with Crippen molar-refractivity contribution in [1.29, 1.82) is 0 Å². The van der Waals surface area contributed by atoms with Gasteiger partial charge in [0.15, 0.2) is 31.5 Å². The van der Waals surface area contributed by atoms with Crippen molar-refractivity contribution < 1.29 is 18.4 Å². The quantitative estimate of drug-likeness (QED) is 0.275. The fraction of sp³-hybridized carbons (Fsp3) is 0.160. The second kappa shape index (κ2) is 5.23. The SMILES string of the molecule is C[Si]1(C)c2cccc3c2C2([n+]4ccccc4Cc4cccc1[n+]42)[n+]1ccccc1O3. The molecule has 1 atom stereocenters. The number of hydrogen-bond acceptors (Lipinski definition) is 1. The molecule has 1 unspecified atom stereocenters. The Morgan fingerprint density at radius 2 is 1.57 bits per heavy atom. The Hall–Kier alpha value is -3.31. The molecule has 0 N–H and O–H groups in total. The summed E-state index contributed by atoms with van der Waals surface area (Å²) in [7, 11) is -1.93. The molecule has 4 aromatic rings. The normalized spacial score (nSPS) is 20.9. The molecule has 0 aliphatic carbocycles. The number of hydrogen-bond donors (Lipinski definition) is 0. The zero-order valence-electron chi connectivity index (χ0n) is 17.0. The van der Waals surface area contributed by atoms with Crippen LogP contribution in [0.5, 0.6) is 11.6 Å². The predicted molar refractivity (Wildman–Crippen MR) is 114 cm³/mol. The van der Waals surface area contributed by atoms with Crippen LogP contribution in [-0.4, -0.2) is 8.07 Å². The van der Waals surface area contributed by atoms with Crippen molar-refractivity contribution >= 4 is 18.6 Å². The highest BCUT2D eigenvalue weighted by Gasteiger charge is 2.76. The maximum Gasteiger partial charge on any atom is 0.595 e. The maximum atomic E-state index is 6.50. The summed E-state index contributed by atoms with van der Waals surface area (Å²) in [5.41, 5.74) is 3.94. The molecule has 1 aromatic carbocycles. The molecule has 3 aliphatic rings. The summed E-state index contributed by atoms with van der Waals surface area (Å²) < 4.78 is 13.9. The minimum Gasteiger partial charge on any atom is -0.404 e.